The highest BCUT2D eigenvalue weighted by atomic mass is 32.1. The summed E-state index contributed by atoms with van der Waals surface area (Å²) in [5.41, 5.74) is 7.25. The van der Waals surface area contributed by atoms with Gasteiger partial charge in [0.25, 0.3) is 5.91 Å². The molecule has 0 aliphatic carbocycles. The molecule has 1 aliphatic heterocycles. The van der Waals surface area contributed by atoms with Crippen molar-refractivity contribution in [2.24, 2.45) is 10.8 Å². The van der Waals surface area contributed by atoms with Crippen LogP contribution in [0.4, 0.5) is 10.8 Å². The van der Waals surface area contributed by atoms with Crippen molar-refractivity contribution in [1.82, 2.24) is 4.98 Å². The number of amides is 2. The lowest BCUT2D eigenvalue weighted by Crippen LogP contribution is -2.39. The number of anilines is 2. The van der Waals surface area contributed by atoms with Crippen LogP contribution >= 0.6 is 11.3 Å². The number of benzene rings is 1. The van der Waals surface area contributed by atoms with E-state index in [1.54, 1.807) is 0 Å². The SMILES string of the molecule is Cc1csc(NC(=O)C2=NN(c3ccccc3)[C@@H](C(N)=O)C2)n1. The number of carbonyl (C=O) groups excluding carboxylic acids is 2. The third kappa shape index (κ3) is 3.21. The fraction of sp³-hybridized carbons (Fsp3) is 0.200. The highest BCUT2D eigenvalue weighted by molar-refractivity contribution is 7.14. The van der Waals surface area contributed by atoms with E-state index in [0.717, 1.165) is 5.69 Å². The van der Waals surface area contributed by atoms with Gasteiger partial charge >= 0.3 is 0 Å². The van der Waals surface area contributed by atoms with Gasteiger partial charge in [-0.05, 0) is 19.1 Å². The smallest absolute Gasteiger partial charge is 0.273 e. The van der Waals surface area contributed by atoms with Crippen LogP contribution in [0.2, 0.25) is 0 Å². The molecule has 0 bridgehead atoms. The second-order valence-corrected chi connectivity index (χ2v) is 5.96. The standard InChI is InChI=1S/C15H15N5O2S/c1-9-8-23-15(17-9)18-14(22)11-7-12(13(16)21)20(19-11)10-5-3-2-4-6-10/h2-6,8,12H,7H2,1H3,(H2,16,21)(H,17,18,22)/t12-/m1/s1. The van der Waals surface area contributed by atoms with Gasteiger partial charge in [-0.3, -0.25) is 19.9 Å². The normalized spacial score (nSPS) is 17.0. The zero-order valence-electron chi connectivity index (χ0n) is 12.4. The van der Waals surface area contributed by atoms with E-state index in [9.17, 15) is 9.59 Å². The number of carbonyl (C=O) groups is 2. The Hall–Kier alpha value is -2.74. The van der Waals surface area contributed by atoms with Crippen LogP contribution in [0.25, 0.3) is 0 Å². The largest absolute Gasteiger partial charge is 0.368 e. The van der Waals surface area contributed by atoms with Crippen LogP contribution in [-0.2, 0) is 9.59 Å². The Bertz CT molecular complexity index is 771. The predicted octanol–water partition coefficient (Wildman–Crippen LogP) is 1.51. The number of aromatic nitrogens is 1. The molecule has 1 aromatic heterocycles. The minimum absolute atomic E-state index is 0.167. The molecule has 2 amide bonds. The van der Waals surface area contributed by atoms with E-state index in [1.807, 2.05) is 42.6 Å². The molecule has 3 rings (SSSR count). The number of primary amides is 1. The summed E-state index contributed by atoms with van der Waals surface area (Å²) >= 11 is 1.34. The maximum atomic E-state index is 12.3. The lowest BCUT2D eigenvalue weighted by atomic mass is 10.1. The van der Waals surface area contributed by atoms with E-state index >= 15 is 0 Å². The first kappa shape index (κ1) is 15.2. The van der Waals surface area contributed by atoms with Gasteiger partial charge in [0.05, 0.1) is 11.4 Å². The molecule has 3 N–H and O–H groups in total. The zero-order valence-corrected chi connectivity index (χ0v) is 13.2. The molecule has 7 nitrogen and oxygen atoms in total. The van der Waals surface area contributed by atoms with Gasteiger partial charge in [0.1, 0.15) is 11.8 Å². The Morgan fingerprint density at radius 3 is 2.70 bits per heavy atom. The van der Waals surface area contributed by atoms with Gasteiger partial charge in [0.15, 0.2) is 5.13 Å². The maximum absolute atomic E-state index is 12.3. The molecule has 0 fully saturated rings. The third-order valence-electron chi connectivity index (χ3n) is 3.36. The van der Waals surface area contributed by atoms with Crippen LogP contribution in [0.15, 0.2) is 40.8 Å². The molecule has 0 saturated carbocycles. The molecule has 0 unspecified atom stereocenters. The summed E-state index contributed by atoms with van der Waals surface area (Å²) in [6.45, 7) is 1.85. The van der Waals surface area contributed by atoms with Crippen molar-refractivity contribution in [2.45, 2.75) is 19.4 Å². The van der Waals surface area contributed by atoms with Crippen LogP contribution in [-0.4, -0.2) is 28.6 Å². The summed E-state index contributed by atoms with van der Waals surface area (Å²) in [6, 6.07) is 8.48. The average molecular weight is 329 g/mol. The van der Waals surface area contributed by atoms with Crippen molar-refractivity contribution in [3.05, 3.63) is 41.4 Å². The minimum atomic E-state index is -0.670. The van der Waals surface area contributed by atoms with Crippen LogP contribution in [0.3, 0.4) is 0 Å². The fourth-order valence-electron chi connectivity index (χ4n) is 2.27. The van der Waals surface area contributed by atoms with E-state index in [1.165, 1.54) is 16.3 Å². The first-order chi connectivity index (χ1) is 11.0. The number of thiazole rings is 1. The Morgan fingerprint density at radius 1 is 1.35 bits per heavy atom. The number of para-hydroxylation sites is 1. The molecule has 1 atom stereocenters. The summed E-state index contributed by atoms with van der Waals surface area (Å²) in [7, 11) is 0. The summed E-state index contributed by atoms with van der Waals surface area (Å²) in [5, 5.41) is 10.8. The number of rotatable bonds is 4. The quantitative estimate of drug-likeness (QED) is 0.888. The molecule has 2 heterocycles. The molecule has 8 heteroatoms. The van der Waals surface area contributed by atoms with Crippen molar-refractivity contribution in [2.75, 3.05) is 10.3 Å². The fourth-order valence-corrected chi connectivity index (χ4v) is 2.95. The Labute approximate surface area is 136 Å². The summed E-state index contributed by atoms with van der Waals surface area (Å²) in [4.78, 5) is 28.2. The lowest BCUT2D eigenvalue weighted by molar-refractivity contribution is -0.119. The summed E-state index contributed by atoms with van der Waals surface area (Å²) in [5.74, 6) is -0.894. The van der Waals surface area contributed by atoms with E-state index in [0.29, 0.717) is 10.8 Å². The molecule has 0 spiro atoms. The molecule has 23 heavy (non-hydrogen) atoms. The summed E-state index contributed by atoms with van der Waals surface area (Å²) in [6.07, 6.45) is 0.167. The van der Waals surface area contributed by atoms with Gasteiger partial charge in [0.2, 0.25) is 5.91 Å². The second kappa shape index (κ2) is 6.17. The zero-order chi connectivity index (χ0) is 16.4. The minimum Gasteiger partial charge on any atom is -0.368 e. The molecular formula is C15H15N5O2S. The third-order valence-corrected chi connectivity index (χ3v) is 4.24. The monoisotopic (exact) mass is 329 g/mol. The summed E-state index contributed by atoms with van der Waals surface area (Å²) < 4.78 is 0. The van der Waals surface area contributed by atoms with Crippen LogP contribution in [0.5, 0.6) is 0 Å². The van der Waals surface area contributed by atoms with Crippen LogP contribution in [0, 0.1) is 6.92 Å². The van der Waals surface area contributed by atoms with Gasteiger partial charge in [0, 0.05) is 11.8 Å². The van der Waals surface area contributed by atoms with Gasteiger partial charge in [-0.1, -0.05) is 18.2 Å². The highest BCUT2D eigenvalue weighted by Crippen LogP contribution is 2.25. The first-order valence-electron chi connectivity index (χ1n) is 6.99. The first-order valence-corrected chi connectivity index (χ1v) is 7.87. The molecule has 118 valence electrons. The molecule has 0 saturated heterocycles. The van der Waals surface area contributed by atoms with Gasteiger partial charge < -0.3 is 5.73 Å². The Kier molecular flexibility index (Phi) is 4.07. The number of hydrogen-bond acceptors (Lipinski definition) is 6. The topological polar surface area (TPSA) is 101 Å². The number of hydrogen-bond donors (Lipinski definition) is 2. The number of nitrogens with two attached hydrogens (primary N) is 1. The van der Waals surface area contributed by atoms with Crippen molar-refractivity contribution >= 4 is 39.7 Å². The van der Waals surface area contributed by atoms with E-state index in [-0.39, 0.29) is 18.0 Å². The average Bonchev–Trinajstić information content (AvgIpc) is 3.15. The van der Waals surface area contributed by atoms with E-state index in [2.05, 4.69) is 15.4 Å². The highest BCUT2D eigenvalue weighted by Gasteiger charge is 2.35. The number of aryl methyl sites for hydroxylation is 1. The second-order valence-electron chi connectivity index (χ2n) is 5.10. The van der Waals surface area contributed by atoms with Crippen molar-refractivity contribution in [3.63, 3.8) is 0 Å². The van der Waals surface area contributed by atoms with Gasteiger partial charge in [-0.2, -0.15) is 5.10 Å². The number of nitrogens with zero attached hydrogens (tertiary/aromatic N) is 3. The molecule has 1 aliphatic rings. The van der Waals surface area contributed by atoms with Crippen molar-refractivity contribution in [3.8, 4) is 0 Å². The van der Waals surface area contributed by atoms with Crippen molar-refractivity contribution in [1.29, 1.82) is 0 Å². The Balaban J connectivity index is 1.82. The van der Waals surface area contributed by atoms with Gasteiger partial charge in [-0.15, -0.1) is 11.3 Å². The molecule has 2 aromatic rings. The van der Waals surface area contributed by atoms with Crippen molar-refractivity contribution < 1.29 is 9.59 Å². The number of nitrogens with one attached hydrogen (secondary N) is 1. The van der Waals surface area contributed by atoms with Crippen LogP contribution < -0.4 is 16.1 Å². The molecular weight excluding hydrogens is 314 g/mol. The maximum Gasteiger partial charge on any atom is 0.273 e. The predicted molar refractivity (Wildman–Crippen MR) is 89.4 cm³/mol. The lowest BCUT2D eigenvalue weighted by Gasteiger charge is -2.20. The molecule has 1 aromatic carbocycles. The van der Waals surface area contributed by atoms with Crippen LogP contribution in [0.1, 0.15) is 12.1 Å². The van der Waals surface area contributed by atoms with E-state index in [4.69, 9.17) is 5.73 Å². The Morgan fingerprint density at radius 2 is 2.09 bits per heavy atom. The van der Waals surface area contributed by atoms with E-state index < -0.39 is 11.9 Å². The van der Waals surface area contributed by atoms with Gasteiger partial charge in [-0.25, -0.2) is 4.98 Å². The molecule has 0 radical (unpaired) electrons. The number of hydrazone groups is 1.